The Labute approximate surface area is 122 Å². The molecule has 0 radical (unpaired) electrons. The van der Waals surface area contributed by atoms with Crippen molar-refractivity contribution in [3.63, 3.8) is 0 Å². The van der Waals surface area contributed by atoms with E-state index in [1.54, 1.807) is 6.07 Å². The highest BCUT2D eigenvalue weighted by molar-refractivity contribution is 9.10. The van der Waals surface area contributed by atoms with Gasteiger partial charge in [-0.05, 0) is 30.7 Å². The quantitative estimate of drug-likeness (QED) is 0.793. The number of fused-ring (bicyclic) bond motifs is 1. The van der Waals surface area contributed by atoms with Gasteiger partial charge in [0.15, 0.2) is 0 Å². The van der Waals surface area contributed by atoms with Gasteiger partial charge in [0.25, 0.3) is 5.71 Å². The van der Waals surface area contributed by atoms with Crippen LogP contribution in [0, 0.1) is 12.7 Å². The summed E-state index contributed by atoms with van der Waals surface area (Å²) in [5.74, 6) is 0.337. The van der Waals surface area contributed by atoms with Gasteiger partial charge in [0.1, 0.15) is 23.3 Å². The highest BCUT2D eigenvalue weighted by Gasteiger charge is 2.12. The fraction of sp³-hybridized carbons (Fsp3) is 0.154. The summed E-state index contributed by atoms with van der Waals surface area (Å²) in [7, 11) is 0. The lowest BCUT2D eigenvalue weighted by Gasteiger charge is -2.08. The fourth-order valence-corrected chi connectivity index (χ4v) is 2.30. The van der Waals surface area contributed by atoms with Crippen LogP contribution in [0.25, 0.3) is 11.1 Å². The lowest BCUT2D eigenvalue weighted by atomic mass is 10.2. The van der Waals surface area contributed by atoms with Crippen molar-refractivity contribution in [2.45, 2.75) is 13.5 Å². The topological polar surface area (TPSA) is 63.8 Å². The summed E-state index contributed by atoms with van der Waals surface area (Å²) in [6.45, 7) is 2.24. The maximum atomic E-state index is 13.2. The van der Waals surface area contributed by atoms with Crippen LogP contribution in [-0.4, -0.2) is 15.1 Å². The van der Waals surface area contributed by atoms with Gasteiger partial charge in [0, 0.05) is 11.0 Å². The van der Waals surface area contributed by atoms with Crippen LogP contribution in [0.5, 0.6) is 0 Å². The molecule has 0 unspecified atom stereocenters. The van der Waals surface area contributed by atoms with Gasteiger partial charge in [0.05, 0.1) is 5.69 Å². The van der Waals surface area contributed by atoms with Crippen LogP contribution in [0.4, 0.5) is 10.2 Å². The molecule has 2 heterocycles. The molecular formula is C13H10BrFN4O. The first-order valence-corrected chi connectivity index (χ1v) is 6.69. The number of hydrogen-bond donors (Lipinski definition) is 1. The molecular weight excluding hydrogens is 327 g/mol. The third-order valence-corrected chi connectivity index (χ3v) is 3.67. The van der Waals surface area contributed by atoms with Crippen LogP contribution in [0.1, 0.15) is 11.3 Å². The number of nitrogens with one attached hydrogen (secondary N) is 1. The molecule has 0 bridgehead atoms. The molecule has 3 rings (SSSR count). The molecule has 20 heavy (non-hydrogen) atoms. The molecule has 0 aliphatic carbocycles. The Balaban J connectivity index is 1.90. The van der Waals surface area contributed by atoms with Gasteiger partial charge in [-0.1, -0.05) is 21.1 Å². The average molecular weight is 337 g/mol. The lowest BCUT2D eigenvalue weighted by molar-refractivity contribution is 0.442. The highest BCUT2D eigenvalue weighted by atomic mass is 79.9. The molecule has 0 amide bonds. The van der Waals surface area contributed by atoms with Crippen LogP contribution in [0.15, 0.2) is 33.5 Å². The van der Waals surface area contributed by atoms with E-state index in [-0.39, 0.29) is 5.82 Å². The Morgan fingerprint density at radius 1 is 1.35 bits per heavy atom. The summed E-state index contributed by atoms with van der Waals surface area (Å²) in [6, 6.07) is 4.54. The first-order valence-electron chi connectivity index (χ1n) is 5.90. The zero-order valence-corrected chi connectivity index (χ0v) is 12.1. The van der Waals surface area contributed by atoms with Gasteiger partial charge < -0.3 is 9.84 Å². The van der Waals surface area contributed by atoms with Crippen molar-refractivity contribution in [1.82, 2.24) is 15.1 Å². The summed E-state index contributed by atoms with van der Waals surface area (Å²) in [4.78, 5) is 8.18. The molecule has 1 N–H and O–H groups in total. The van der Waals surface area contributed by atoms with Crippen molar-refractivity contribution in [2.24, 2.45) is 0 Å². The van der Waals surface area contributed by atoms with Crippen molar-refractivity contribution in [3.05, 3.63) is 46.1 Å². The second-order valence-electron chi connectivity index (χ2n) is 4.26. The average Bonchev–Trinajstić information content (AvgIpc) is 2.82. The van der Waals surface area contributed by atoms with Crippen LogP contribution in [-0.2, 0) is 6.54 Å². The van der Waals surface area contributed by atoms with Gasteiger partial charge in [-0.15, -0.1) is 0 Å². The maximum Gasteiger partial charge on any atom is 0.263 e. The van der Waals surface area contributed by atoms with Crippen molar-refractivity contribution < 1.29 is 8.91 Å². The summed E-state index contributed by atoms with van der Waals surface area (Å²) >= 11 is 3.39. The Bertz CT molecular complexity index is 774. The van der Waals surface area contributed by atoms with E-state index in [1.165, 1.54) is 18.5 Å². The van der Waals surface area contributed by atoms with E-state index < -0.39 is 0 Å². The molecule has 0 aliphatic heterocycles. The number of aromatic nitrogens is 3. The Hall–Kier alpha value is -2.02. The van der Waals surface area contributed by atoms with Crippen LogP contribution in [0.2, 0.25) is 0 Å². The standard InChI is InChI=1S/C13H10BrFN4O/c1-7-11-12(17-6-18-13(11)20-19-7)16-5-8-4-9(15)2-3-10(8)14/h2-4,6H,5H2,1H3,(H,16,17,18). The Morgan fingerprint density at radius 3 is 3.05 bits per heavy atom. The summed E-state index contributed by atoms with van der Waals surface area (Å²) in [6.07, 6.45) is 1.40. The van der Waals surface area contributed by atoms with Crippen molar-refractivity contribution in [1.29, 1.82) is 0 Å². The van der Waals surface area contributed by atoms with Gasteiger partial charge in [-0.2, -0.15) is 4.98 Å². The second-order valence-corrected chi connectivity index (χ2v) is 5.11. The van der Waals surface area contributed by atoms with E-state index in [0.717, 1.165) is 15.4 Å². The van der Waals surface area contributed by atoms with Crippen molar-refractivity contribution in [2.75, 3.05) is 5.32 Å². The minimum absolute atomic E-state index is 0.279. The SMILES string of the molecule is Cc1noc2ncnc(NCc3cc(F)ccc3Br)c12. The summed E-state index contributed by atoms with van der Waals surface area (Å²) in [5.41, 5.74) is 1.94. The second kappa shape index (κ2) is 5.16. The molecule has 0 saturated carbocycles. The smallest absolute Gasteiger partial charge is 0.263 e. The number of nitrogens with zero attached hydrogens (tertiary/aromatic N) is 3. The van der Waals surface area contributed by atoms with Crippen LogP contribution >= 0.6 is 15.9 Å². The lowest BCUT2D eigenvalue weighted by Crippen LogP contribution is -2.03. The minimum atomic E-state index is -0.279. The predicted molar refractivity (Wildman–Crippen MR) is 75.8 cm³/mol. The highest BCUT2D eigenvalue weighted by Crippen LogP contribution is 2.24. The molecule has 0 aliphatic rings. The molecule has 0 fully saturated rings. The molecule has 3 aromatic rings. The first-order chi connectivity index (χ1) is 9.65. The van der Waals surface area contributed by atoms with E-state index in [1.807, 2.05) is 6.92 Å². The molecule has 2 aromatic heterocycles. The zero-order valence-electron chi connectivity index (χ0n) is 10.5. The summed E-state index contributed by atoms with van der Waals surface area (Å²) < 4.78 is 19.1. The molecule has 5 nitrogen and oxygen atoms in total. The molecule has 7 heteroatoms. The van der Waals surface area contributed by atoms with E-state index in [9.17, 15) is 4.39 Å². The van der Waals surface area contributed by atoms with Crippen molar-refractivity contribution in [3.8, 4) is 0 Å². The maximum absolute atomic E-state index is 13.2. The van der Waals surface area contributed by atoms with Gasteiger partial charge in [-0.3, -0.25) is 0 Å². The van der Waals surface area contributed by atoms with Gasteiger partial charge in [-0.25, -0.2) is 9.37 Å². The largest absolute Gasteiger partial charge is 0.365 e. The van der Waals surface area contributed by atoms with E-state index in [0.29, 0.717) is 23.8 Å². The third kappa shape index (κ3) is 2.36. The molecule has 1 aromatic carbocycles. The number of rotatable bonds is 3. The molecule has 0 spiro atoms. The Morgan fingerprint density at radius 2 is 2.20 bits per heavy atom. The van der Waals surface area contributed by atoms with E-state index in [2.05, 4.69) is 36.4 Å². The van der Waals surface area contributed by atoms with Crippen LogP contribution < -0.4 is 5.32 Å². The minimum Gasteiger partial charge on any atom is -0.365 e. The monoisotopic (exact) mass is 336 g/mol. The Kier molecular flexibility index (Phi) is 3.35. The number of aryl methyl sites for hydroxylation is 1. The van der Waals surface area contributed by atoms with Gasteiger partial charge >= 0.3 is 0 Å². The number of halogens is 2. The number of anilines is 1. The van der Waals surface area contributed by atoms with Crippen LogP contribution in [0.3, 0.4) is 0 Å². The van der Waals surface area contributed by atoms with E-state index in [4.69, 9.17) is 4.52 Å². The number of benzene rings is 1. The number of hydrogen-bond acceptors (Lipinski definition) is 5. The molecule has 0 saturated heterocycles. The third-order valence-electron chi connectivity index (χ3n) is 2.90. The van der Waals surface area contributed by atoms with Crippen molar-refractivity contribution >= 4 is 32.8 Å². The molecule has 102 valence electrons. The predicted octanol–water partition coefficient (Wildman–Crippen LogP) is 3.44. The molecule has 0 atom stereocenters. The first kappa shape index (κ1) is 13.0. The van der Waals surface area contributed by atoms with E-state index >= 15 is 0 Å². The zero-order chi connectivity index (χ0) is 14.1. The summed E-state index contributed by atoms with van der Waals surface area (Å²) in [5, 5.41) is 7.74. The normalized spacial score (nSPS) is 10.9. The van der Waals surface area contributed by atoms with Gasteiger partial charge in [0.2, 0.25) is 0 Å². The fourth-order valence-electron chi connectivity index (χ4n) is 1.91.